The number of benzene rings is 2. The predicted octanol–water partition coefficient (Wildman–Crippen LogP) is 4.31. The van der Waals surface area contributed by atoms with Gasteiger partial charge in [0.1, 0.15) is 10.6 Å². The third kappa shape index (κ3) is 5.62. The highest BCUT2D eigenvalue weighted by Crippen LogP contribution is 2.36. The van der Waals surface area contributed by atoms with Gasteiger partial charge in [-0.3, -0.25) is 4.79 Å². The van der Waals surface area contributed by atoms with E-state index in [1.165, 1.54) is 18.2 Å². The summed E-state index contributed by atoms with van der Waals surface area (Å²) in [5.41, 5.74) is -1.78. The van der Waals surface area contributed by atoms with Crippen molar-refractivity contribution in [1.29, 1.82) is 0 Å². The lowest BCUT2D eigenvalue weighted by molar-refractivity contribution is -0.136. The van der Waals surface area contributed by atoms with E-state index in [4.69, 9.17) is 16.3 Å². The Morgan fingerprint density at radius 2 is 1.83 bits per heavy atom. The fourth-order valence-electron chi connectivity index (χ4n) is 2.46. The number of nitrogens with one attached hydrogen (secondary N) is 2. The van der Waals surface area contributed by atoms with Crippen molar-refractivity contribution in [3.63, 3.8) is 0 Å². The maximum absolute atomic E-state index is 13.2. The van der Waals surface area contributed by atoms with E-state index < -0.39 is 33.4 Å². The molecule has 2 N–H and O–H groups in total. The summed E-state index contributed by atoms with van der Waals surface area (Å²) in [6, 6.07) is 6.49. The normalized spacial score (nSPS) is 11.9. The minimum Gasteiger partial charge on any atom is -0.492 e. The van der Waals surface area contributed by atoms with Crippen LogP contribution in [0.4, 0.5) is 18.9 Å². The molecule has 0 spiro atoms. The van der Waals surface area contributed by atoms with Gasteiger partial charge in [0.15, 0.2) is 0 Å². The van der Waals surface area contributed by atoms with Crippen molar-refractivity contribution in [2.75, 3.05) is 18.5 Å². The number of ether oxygens (including phenoxy) is 1. The molecule has 0 aliphatic carbocycles. The third-order valence-electron chi connectivity index (χ3n) is 3.66. The van der Waals surface area contributed by atoms with Crippen LogP contribution in [0.3, 0.4) is 0 Å². The van der Waals surface area contributed by atoms with Gasteiger partial charge in [-0.1, -0.05) is 18.5 Å². The van der Waals surface area contributed by atoms with Gasteiger partial charge in [-0.15, -0.1) is 0 Å². The molecule has 0 aliphatic rings. The Labute approximate surface area is 171 Å². The summed E-state index contributed by atoms with van der Waals surface area (Å²) in [6.07, 6.45) is -4.74. The number of hydrogen-bond acceptors (Lipinski definition) is 4. The van der Waals surface area contributed by atoms with E-state index in [0.29, 0.717) is 6.07 Å². The van der Waals surface area contributed by atoms with Crippen LogP contribution in [-0.2, 0) is 16.2 Å². The van der Waals surface area contributed by atoms with Crippen molar-refractivity contribution in [3.8, 4) is 5.75 Å². The van der Waals surface area contributed by atoms with Gasteiger partial charge in [-0.05, 0) is 43.3 Å². The first-order chi connectivity index (χ1) is 13.5. The SMILES string of the molecule is CCNS(=O)(=O)c1cc(C(=O)Nc2ccc(Cl)cc2C(F)(F)F)ccc1OCC. The van der Waals surface area contributed by atoms with E-state index >= 15 is 0 Å². The van der Waals surface area contributed by atoms with Gasteiger partial charge in [0, 0.05) is 17.1 Å². The van der Waals surface area contributed by atoms with Crippen LogP contribution in [0.25, 0.3) is 0 Å². The van der Waals surface area contributed by atoms with Gasteiger partial charge in [0.05, 0.1) is 17.9 Å². The van der Waals surface area contributed by atoms with E-state index in [1.54, 1.807) is 13.8 Å². The molecule has 2 aromatic carbocycles. The fraction of sp³-hybridized carbons (Fsp3) is 0.278. The van der Waals surface area contributed by atoms with Gasteiger partial charge < -0.3 is 10.1 Å². The Morgan fingerprint density at radius 3 is 2.41 bits per heavy atom. The highest BCUT2D eigenvalue weighted by molar-refractivity contribution is 7.89. The van der Waals surface area contributed by atoms with Gasteiger partial charge in [0.25, 0.3) is 5.91 Å². The molecule has 6 nitrogen and oxygen atoms in total. The fourth-order valence-corrected chi connectivity index (χ4v) is 3.84. The summed E-state index contributed by atoms with van der Waals surface area (Å²) in [4.78, 5) is 12.2. The molecule has 0 heterocycles. The molecule has 0 radical (unpaired) electrons. The second-order valence-corrected chi connectivity index (χ2v) is 7.91. The lowest BCUT2D eigenvalue weighted by atomic mass is 10.1. The van der Waals surface area contributed by atoms with E-state index in [1.807, 2.05) is 0 Å². The molecule has 0 saturated heterocycles. The molecule has 0 aromatic heterocycles. The zero-order valence-electron chi connectivity index (χ0n) is 15.4. The molecular weight excluding hydrogens is 433 g/mol. The molecule has 0 bridgehead atoms. The first kappa shape index (κ1) is 23.0. The predicted molar refractivity (Wildman–Crippen MR) is 103 cm³/mol. The van der Waals surface area contributed by atoms with Crippen molar-refractivity contribution < 1.29 is 31.1 Å². The smallest absolute Gasteiger partial charge is 0.418 e. The van der Waals surface area contributed by atoms with Crippen molar-refractivity contribution in [2.45, 2.75) is 24.9 Å². The third-order valence-corrected chi connectivity index (χ3v) is 5.47. The van der Waals surface area contributed by atoms with Crippen molar-refractivity contribution in [3.05, 3.63) is 52.5 Å². The first-order valence-electron chi connectivity index (χ1n) is 8.44. The number of amides is 1. The average Bonchev–Trinajstić information content (AvgIpc) is 2.62. The number of alkyl halides is 3. The van der Waals surface area contributed by atoms with E-state index in [-0.39, 0.29) is 34.4 Å². The number of anilines is 1. The summed E-state index contributed by atoms with van der Waals surface area (Å²) >= 11 is 5.62. The number of halogens is 4. The van der Waals surface area contributed by atoms with Crippen LogP contribution >= 0.6 is 11.6 Å². The van der Waals surface area contributed by atoms with Gasteiger partial charge in [-0.2, -0.15) is 13.2 Å². The molecule has 0 atom stereocenters. The average molecular weight is 451 g/mol. The minimum absolute atomic E-state index is 0.0208. The Kier molecular flexibility index (Phi) is 7.15. The summed E-state index contributed by atoms with van der Waals surface area (Å²) in [5.74, 6) is -0.902. The van der Waals surface area contributed by atoms with E-state index in [0.717, 1.165) is 12.1 Å². The van der Waals surface area contributed by atoms with Crippen LogP contribution in [0, 0.1) is 0 Å². The van der Waals surface area contributed by atoms with Gasteiger partial charge >= 0.3 is 6.18 Å². The molecule has 158 valence electrons. The lowest BCUT2D eigenvalue weighted by Crippen LogP contribution is -2.24. The summed E-state index contributed by atoms with van der Waals surface area (Å²) < 4.78 is 72.0. The second-order valence-electron chi connectivity index (χ2n) is 5.74. The van der Waals surface area contributed by atoms with Crippen LogP contribution in [0.5, 0.6) is 5.75 Å². The van der Waals surface area contributed by atoms with Crippen molar-refractivity contribution in [2.24, 2.45) is 0 Å². The molecule has 29 heavy (non-hydrogen) atoms. The Morgan fingerprint density at radius 1 is 1.14 bits per heavy atom. The minimum atomic E-state index is -4.74. The van der Waals surface area contributed by atoms with Gasteiger partial charge in [-0.25, -0.2) is 13.1 Å². The molecule has 0 fully saturated rings. The molecule has 0 aliphatic heterocycles. The number of carbonyl (C=O) groups excluding carboxylic acids is 1. The van der Waals surface area contributed by atoms with Crippen molar-refractivity contribution in [1.82, 2.24) is 4.72 Å². The zero-order valence-corrected chi connectivity index (χ0v) is 17.0. The largest absolute Gasteiger partial charge is 0.492 e. The maximum atomic E-state index is 13.2. The standard InChI is InChI=1S/C18H18ClF3N2O4S/c1-3-23-29(26,27)16-9-11(5-8-15(16)28-4-2)17(25)24-14-7-6-12(19)10-13(14)18(20,21)22/h5-10,23H,3-4H2,1-2H3,(H,24,25). The molecule has 0 saturated carbocycles. The van der Waals surface area contributed by atoms with Gasteiger partial charge in [0.2, 0.25) is 10.0 Å². The zero-order chi connectivity index (χ0) is 21.8. The van der Waals surface area contributed by atoms with Crippen LogP contribution in [0.15, 0.2) is 41.3 Å². The highest BCUT2D eigenvalue weighted by Gasteiger charge is 2.34. The second kappa shape index (κ2) is 9.02. The molecule has 0 unspecified atom stereocenters. The van der Waals surface area contributed by atoms with E-state index in [9.17, 15) is 26.4 Å². The van der Waals surface area contributed by atoms with Crippen LogP contribution in [0.1, 0.15) is 29.8 Å². The number of hydrogen-bond donors (Lipinski definition) is 2. The summed E-state index contributed by atoms with van der Waals surface area (Å²) in [6.45, 7) is 3.51. The van der Waals surface area contributed by atoms with Crippen LogP contribution in [-0.4, -0.2) is 27.5 Å². The lowest BCUT2D eigenvalue weighted by Gasteiger charge is -2.15. The number of rotatable bonds is 7. The van der Waals surface area contributed by atoms with Crippen LogP contribution in [0.2, 0.25) is 5.02 Å². The molecular formula is C18H18ClF3N2O4S. The monoisotopic (exact) mass is 450 g/mol. The van der Waals surface area contributed by atoms with Crippen LogP contribution < -0.4 is 14.8 Å². The molecule has 2 aromatic rings. The maximum Gasteiger partial charge on any atom is 0.418 e. The Balaban J connectivity index is 2.45. The summed E-state index contributed by atoms with van der Waals surface area (Å²) in [5, 5.41) is 2.01. The Bertz CT molecular complexity index is 1010. The molecule has 2 rings (SSSR count). The topological polar surface area (TPSA) is 84.5 Å². The summed E-state index contributed by atoms with van der Waals surface area (Å²) in [7, 11) is -3.98. The van der Waals surface area contributed by atoms with E-state index in [2.05, 4.69) is 10.0 Å². The number of carbonyl (C=O) groups is 1. The first-order valence-corrected chi connectivity index (χ1v) is 10.3. The quantitative estimate of drug-likeness (QED) is 0.658. The Hall–Kier alpha value is -2.30. The molecule has 1 amide bonds. The van der Waals surface area contributed by atoms with Crippen molar-refractivity contribution >= 4 is 33.2 Å². The highest BCUT2D eigenvalue weighted by atomic mass is 35.5. The number of sulfonamides is 1. The molecule has 11 heteroatoms.